The molecular weight excluding hydrogens is 408 g/mol. The lowest BCUT2D eigenvalue weighted by molar-refractivity contribution is -0.125. The Morgan fingerprint density at radius 2 is 2.03 bits per heavy atom. The van der Waals surface area contributed by atoms with Gasteiger partial charge in [0, 0.05) is 25.6 Å². The first-order chi connectivity index (χ1) is 15.5. The number of rotatable bonds is 7. The van der Waals surface area contributed by atoms with Gasteiger partial charge < -0.3 is 23.8 Å². The molecule has 8 heteroatoms. The number of hydrogen-bond acceptors (Lipinski definition) is 7. The van der Waals surface area contributed by atoms with Crippen LogP contribution < -0.4 is 15.0 Å². The van der Waals surface area contributed by atoms with Gasteiger partial charge in [-0.1, -0.05) is 12.1 Å². The van der Waals surface area contributed by atoms with Gasteiger partial charge in [0.05, 0.1) is 12.4 Å². The first-order valence-electron chi connectivity index (χ1n) is 10.8. The van der Waals surface area contributed by atoms with Gasteiger partial charge in [-0.05, 0) is 56.5 Å². The van der Waals surface area contributed by atoms with Crippen molar-refractivity contribution in [1.29, 1.82) is 5.26 Å². The number of amides is 1. The number of benzene rings is 1. The van der Waals surface area contributed by atoms with E-state index in [1.807, 2.05) is 43.0 Å². The zero-order chi connectivity index (χ0) is 22.5. The maximum absolute atomic E-state index is 12.7. The normalized spacial score (nSPS) is 14.4. The van der Waals surface area contributed by atoms with E-state index in [1.54, 1.807) is 12.1 Å². The third-order valence-corrected chi connectivity index (χ3v) is 5.36. The molecule has 1 aliphatic rings. The summed E-state index contributed by atoms with van der Waals surface area (Å²) in [7, 11) is 0. The van der Waals surface area contributed by atoms with Gasteiger partial charge in [-0.25, -0.2) is 0 Å². The topological polar surface area (TPSA) is 105 Å². The van der Waals surface area contributed by atoms with Crippen molar-refractivity contribution in [2.45, 2.75) is 39.3 Å². The molecule has 0 radical (unpaired) electrons. The van der Waals surface area contributed by atoms with Gasteiger partial charge in [-0.15, -0.1) is 0 Å². The molecule has 1 amide bonds. The van der Waals surface area contributed by atoms with Crippen LogP contribution in [0, 0.1) is 17.2 Å². The summed E-state index contributed by atoms with van der Waals surface area (Å²) in [6.07, 6.45) is 3.01. The molecule has 0 unspecified atom stereocenters. The molecule has 1 aliphatic heterocycles. The molecule has 1 N–H and O–H groups in total. The van der Waals surface area contributed by atoms with Crippen molar-refractivity contribution in [3.63, 3.8) is 0 Å². The van der Waals surface area contributed by atoms with E-state index in [4.69, 9.17) is 13.6 Å². The Balaban J connectivity index is 1.30. The Kier molecular flexibility index (Phi) is 6.45. The largest absolute Gasteiger partial charge is 0.491 e. The van der Waals surface area contributed by atoms with Crippen LogP contribution in [0.25, 0.3) is 11.7 Å². The second kappa shape index (κ2) is 9.60. The number of hydrogen-bond donors (Lipinski definition) is 1. The number of ether oxygens (including phenoxy) is 1. The summed E-state index contributed by atoms with van der Waals surface area (Å²) in [5.74, 6) is 1.98. The third kappa shape index (κ3) is 4.94. The maximum Gasteiger partial charge on any atom is 0.266 e. The van der Waals surface area contributed by atoms with E-state index in [0.717, 1.165) is 11.3 Å². The van der Waals surface area contributed by atoms with Crippen LogP contribution in [0.1, 0.15) is 37.9 Å². The highest BCUT2D eigenvalue weighted by Gasteiger charge is 2.29. The molecule has 1 aromatic carbocycles. The van der Waals surface area contributed by atoms with E-state index < -0.39 is 0 Å². The molecule has 8 nitrogen and oxygen atoms in total. The molecule has 4 rings (SSSR count). The molecule has 0 atom stereocenters. The van der Waals surface area contributed by atoms with Gasteiger partial charge >= 0.3 is 0 Å². The summed E-state index contributed by atoms with van der Waals surface area (Å²) in [6, 6.07) is 13.3. The highest BCUT2D eigenvalue weighted by Crippen LogP contribution is 2.31. The van der Waals surface area contributed by atoms with E-state index in [0.29, 0.717) is 44.1 Å². The van der Waals surface area contributed by atoms with Crippen molar-refractivity contribution < 1.29 is 18.4 Å². The molecule has 1 fully saturated rings. The molecule has 0 aliphatic carbocycles. The quantitative estimate of drug-likeness (QED) is 0.596. The van der Waals surface area contributed by atoms with Crippen LogP contribution in [0.5, 0.6) is 5.75 Å². The molecule has 2 aromatic heterocycles. The average molecular weight is 434 g/mol. The third-order valence-electron chi connectivity index (χ3n) is 5.36. The van der Waals surface area contributed by atoms with Gasteiger partial charge in [0.15, 0.2) is 5.76 Å². The van der Waals surface area contributed by atoms with Crippen LogP contribution in [0.4, 0.5) is 5.88 Å². The fraction of sp³-hybridized carbons (Fsp3) is 0.375. The molecule has 1 saturated heterocycles. The minimum atomic E-state index is -0.0761. The SMILES string of the molecule is CC(C)Oc1ccc(CNC(=O)C2CCN(c3oc(-c4ccco4)nc3C#N)CC2)cc1. The van der Waals surface area contributed by atoms with Crippen molar-refractivity contribution in [3.05, 3.63) is 53.9 Å². The first-order valence-corrected chi connectivity index (χ1v) is 10.8. The lowest BCUT2D eigenvalue weighted by Gasteiger charge is -2.31. The summed E-state index contributed by atoms with van der Waals surface area (Å²) in [4.78, 5) is 18.9. The number of nitriles is 1. The van der Waals surface area contributed by atoms with Crippen LogP contribution in [0.3, 0.4) is 0 Å². The molecular formula is C24H26N4O4. The predicted octanol–water partition coefficient (Wildman–Crippen LogP) is 4.13. The van der Waals surface area contributed by atoms with Crippen LogP contribution in [-0.4, -0.2) is 30.1 Å². The van der Waals surface area contributed by atoms with Gasteiger partial charge in [0.1, 0.15) is 11.8 Å². The zero-order valence-electron chi connectivity index (χ0n) is 18.2. The number of nitrogens with one attached hydrogen (secondary N) is 1. The minimum Gasteiger partial charge on any atom is -0.491 e. The van der Waals surface area contributed by atoms with Gasteiger partial charge in [-0.2, -0.15) is 10.2 Å². The number of nitrogens with zero attached hydrogens (tertiary/aromatic N) is 3. The Morgan fingerprint density at radius 1 is 1.28 bits per heavy atom. The minimum absolute atomic E-state index is 0.0431. The van der Waals surface area contributed by atoms with Crippen molar-refractivity contribution >= 4 is 11.8 Å². The Hall–Kier alpha value is -3.73. The lowest BCUT2D eigenvalue weighted by Crippen LogP contribution is -2.40. The van der Waals surface area contributed by atoms with E-state index in [1.165, 1.54) is 6.26 Å². The number of furan rings is 1. The summed E-state index contributed by atoms with van der Waals surface area (Å²) >= 11 is 0. The summed E-state index contributed by atoms with van der Waals surface area (Å²) in [5, 5.41) is 12.5. The van der Waals surface area contributed by atoms with Crippen molar-refractivity contribution in [2.24, 2.45) is 5.92 Å². The van der Waals surface area contributed by atoms with Crippen molar-refractivity contribution in [2.75, 3.05) is 18.0 Å². The lowest BCUT2D eigenvalue weighted by atomic mass is 9.96. The number of oxazole rings is 1. The van der Waals surface area contributed by atoms with Crippen LogP contribution in [0.2, 0.25) is 0 Å². The van der Waals surface area contributed by atoms with E-state index in [9.17, 15) is 10.1 Å². The van der Waals surface area contributed by atoms with Crippen LogP contribution in [-0.2, 0) is 11.3 Å². The summed E-state index contributed by atoms with van der Waals surface area (Å²) < 4.78 is 16.8. The molecule has 0 saturated carbocycles. The molecule has 0 bridgehead atoms. The molecule has 166 valence electrons. The molecule has 32 heavy (non-hydrogen) atoms. The Bertz CT molecular complexity index is 1070. The van der Waals surface area contributed by atoms with E-state index in [2.05, 4.69) is 16.4 Å². The van der Waals surface area contributed by atoms with Gasteiger partial charge in [0.2, 0.25) is 17.5 Å². The van der Waals surface area contributed by atoms with E-state index >= 15 is 0 Å². The maximum atomic E-state index is 12.7. The zero-order valence-corrected chi connectivity index (χ0v) is 18.2. The monoisotopic (exact) mass is 434 g/mol. The van der Waals surface area contributed by atoms with Crippen molar-refractivity contribution in [1.82, 2.24) is 10.3 Å². The molecule has 0 spiro atoms. The fourth-order valence-corrected chi connectivity index (χ4v) is 3.74. The second-order valence-electron chi connectivity index (χ2n) is 8.05. The number of carbonyl (C=O) groups excluding carboxylic acids is 1. The second-order valence-corrected chi connectivity index (χ2v) is 8.05. The van der Waals surface area contributed by atoms with Crippen LogP contribution >= 0.6 is 0 Å². The first kappa shape index (κ1) is 21.5. The predicted molar refractivity (Wildman–Crippen MR) is 118 cm³/mol. The number of piperidine rings is 1. The van der Waals surface area contributed by atoms with Crippen LogP contribution in [0.15, 0.2) is 51.5 Å². The highest BCUT2D eigenvalue weighted by molar-refractivity contribution is 5.79. The highest BCUT2D eigenvalue weighted by atomic mass is 16.5. The fourth-order valence-electron chi connectivity index (χ4n) is 3.74. The summed E-state index contributed by atoms with van der Waals surface area (Å²) in [5.41, 5.74) is 1.25. The Morgan fingerprint density at radius 3 is 2.66 bits per heavy atom. The summed E-state index contributed by atoms with van der Waals surface area (Å²) in [6.45, 7) is 5.68. The Labute approximate surface area is 186 Å². The number of aromatic nitrogens is 1. The molecule has 3 heterocycles. The average Bonchev–Trinajstić information content (AvgIpc) is 3.48. The van der Waals surface area contributed by atoms with Gasteiger partial charge in [-0.3, -0.25) is 4.79 Å². The number of anilines is 1. The van der Waals surface area contributed by atoms with Crippen molar-refractivity contribution in [3.8, 4) is 23.5 Å². The molecule has 3 aromatic rings. The smallest absolute Gasteiger partial charge is 0.266 e. The standard InChI is InChI=1S/C24H26N4O4/c1-16(2)31-19-7-5-17(6-8-19)15-26-22(29)18-9-11-28(12-10-18)24-20(14-25)27-23(32-24)21-4-3-13-30-21/h3-8,13,16,18H,9-12,15H2,1-2H3,(H,26,29). The van der Waals surface area contributed by atoms with E-state index in [-0.39, 0.29) is 29.5 Å². The van der Waals surface area contributed by atoms with Gasteiger partial charge in [0.25, 0.3) is 5.89 Å². The number of carbonyl (C=O) groups is 1.